The standard InChI is InChI=1S/C28H39N3O4S/c1-20-15-21(2)17-26(16-20)31(36(5,34)35)19-27(32)30(18-24-12-10-9-11-22(24)3)23(4)28(33)29-25-13-7-6-8-14-25/h9-12,15-17,23,25H,6-8,13-14,18-19H2,1-5H3,(H,29,33)/t23-/m1/s1. The maximum Gasteiger partial charge on any atom is 0.244 e. The number of rotatable bonds is 9. The Labute approximate surface area is 215 Å². The van der Waals surface area contributed by atoms with E-state index in [1.54, 1.807) is 19.1 Å². The van der Waals surface area contributed by atoms with Crippen LogP contribution in [0.3, 0.4) is 0 Å². The minimum absolute atomic E-state index is 0.118. The van der Waals surface area contributed by atoms with Crippen LogP contribution >= 0.6 is 0 Å². The Morgan fingerprint density at radius 2 is 1.61 bits per heavy atom. The van der Waals surface area contributed by atoms with Crippen LogP contribution in [0, 0.1) is 20.8 Å². The van der Waals surface area contributed by atoms with Crippen molar-refractivity contribution in [1.29, 1.82) is 0 Å². The summed E-state index contributed by atoms with van der Waals surface area (Å²) in [7, 11) is -3.74. The Hall–Kier alpha value is -2.87. The number of aryl methyl sites for hydroxylation is 3. The lowest BCUT2D eigenvalue weighted by Crippen LogP contribution is -2.53. The second-order valence-corrected chi connectivity index (χ2v) is 12.0. The van der Waals surface area contributed by atoms with E-state index >= 15 is 0 Å². The summed E-state index contributed by atoms with van der Waals surface area (Å²) < 4.78 is 26.7. The third-order valence-corrected chi connectivity index (χ3v) is 8.04. The molecule has 36 heavy (non-hydrogen) atoms. The quantitative estimate of drug-likeness (QED) is 0.543. The summed E-state index contributed by atoms with van der Waals surface area (Å²) in [5.74, 6) is -0.629. The van der Waals surface area contributed by atoms with Crippen LogP contribution in [0.5, 0.6) is 0 Å². The molecule has 0 spiro atoms. The second kappa shape index (κ2) is 11.9. The van der Waals surface area contributed by atoms with Crippen LogP contribution in [-0.4, -0.2) is 50.0 Å². The molecule has 8 heteroatoms. The van der Waals surface area contributed by atoms with Crippen LogP contribution < -0.4 is 9.62 Å². The fourth-order valence-electron chi connectivity index (χ4n) is 4.83. The molecular weight excluding hydrogens is 474 g/mol. The zero-order chi connectivity index (χ0) is 26.5. The molecule has 0 aliphatic heterocycles. The van der Waals surface area contributed by atoms with Crippen molar-refractivity contribution in [2.24, 2.45) is 0 Å². The van der Waals surface area contributed by atoms with Gasteiger partial charge in [-0.2, -0.15) is 0 Å². The van der Waals surface area contributed by atoms with Crippen molar-refractivity contribution in [3.8, 4) is 0 Å². The van der Waals surface area contributed by atoms with E-state index in [0.717, 1.165) is 58.5 Å². The van der Waals surface area contributed by atoms with Crippen LogP contribution in [0.4, 0.5) is 5.69 Å². The van der Waals surface area contributed by atoms with Gasteiger partial charge >= 0.3 is 0 Å². The molecular formula is C28H39N3O4S. The Morgan fingerprint density at radius 1 is 1.00 bits per heavy atom. The third kappa shape index (κ3) is 7.32. The zero-order valence-corrected chi connectivity index (χ0v) is 22.9. The van der Waals surface area contributed by atoms with Crippen molar-refractivity contribution in [3.63, 3.8) is 0 Å². The first-order valence-corrected chi connectivity index (χ1v) is 14.5. The van der Waals surface area contributed by atoms with E-state index in [0.29, 0.717) is 5.69 Å². The van der Waals surface area contributed by atoms with Crippen molar-refractivity contribution in [1.82, 2.24) is 10.2 Å². The fourth-order valence-corrected chi connectivity index (χ4v) is 5.66. The van der Waals surface area contributed by atoms with E-state index in [2.05, 4.69) is 5.32 Å². The molecule has 0 radical (unpaired) electrons. The molecule has 0 heterocycles. The molecule has 0 aromatic heterocycles. The number of anilines is 1. The molecule has 7 nitrogen and oxygen atoms in total. The molecule has 1 aliphatic carbocycles. The molecule has 1 fully saturated rings. The maximum atomic E-state index is 13.7. The van der Waals surface area contributed by atoms with Crippen molar-refractivity contribution in [2.45, 2.75) is 78.4 Å². The van der Waals surface area contributed by atoms with Gasteiger partial charge < -0.3 is 10.2 Å². The second-order valence-electron chi connectivity index (χ2n) is 10.1. The number of nitrogens with one attached hydrogen (secondary N) is 1. The van der Waals surface area contributed by atoms with E-state index in [1.165, 1.54) is 11.3 Å². The highest BCUT2D eigenvalue weighted by atomic mass is 32.2. The molecule has 0 unspecified atom stereocenters. The topological polar surface area (TPSA) is 86.8 Å². The predicted octanol–water partition coefficient (Wildman–Crippen LogP) is 4.24. The summed E-state index contributed by atoms with van der Waals surface area (Å²) in [6.45, 7) is 7.30. The van der Waals surface area contributed by atoms with E-state index in [9.17, 15) is 18.0 Å². The number of hydrogen-bond donors (Lipinski definition) is 1. The zero-order valence-electron chi connectivity index (χ0n) is 22.1. The number of nitrogens with zero attached hydrogens (tertiary/aromatic N) is 2. The normalized spacial score (nSPS) is 15.2. The highest BCUT2D eigenvalue weighted by Gasteiger charge is 2.31. The largest absolute Gasteiger partial charge is 0.352 e. The summed E-state index contributed by atoms with van der Waals surface area (Å²) in [6.07, 6.45) is 6.34. The molecule has 1 N–H and O–H groups in total. The lowest BCUT2D eigenvalue weighted by atomic mass is 9.95. The average molecular weight is 514 g/mol. The molecule has 2 amide bonds. The Morgan fingerprint density at radius 3 is 2.19 bits per heavy atom. The van der Waals surface area contributed by atoms with Crippen molar-refractivity contribution in [3.05, 3.63) is 64.7 Å². The van der Waals surface area contributed by atoms with Crippen molar-refractivity contribution in [2.75, 3.05) is 17.1 Å². The molecule has 196 valence electrons. The fraction of sp³-hybridized carbons (Fsp3) is 0.500. The van der Waals surface area contributed by atoms with Crippen molar-refractivity contribution < 1.29 is 18.0 Å². The number of hydrogen-bond acceptors (Lipinski definition) is 4. The van der Waals surface area contributed by atoms with Crippen LogP contribution in [0.2, 0.25) is 0 Å². The first-order valence-electron chi connectivity index (χ1n) is 12.7. The first-order chi connectivity index (χ1) is 17.0. The van der Waals surface area contributed by atoms with Gasteiger partial charge in [-0.25, -0.2) is 8.42 Å². The van der Waals surface area contributed by atoms with Gasteiger partial charge in [0.1, 0.15) is 12.6 Å². The molecule has 1 aliphatic rings. The summed E-state index contributed by atoms with van der Waals surface area (Å²) in [4.78, 5) is 28.5. The van der Waals surface area contributed by atoms with Crippen molar-refractivity contribution >= 4 is 27.5 Å². The van der Waals surface area contributed by atoms with Gasteiger partial charge in [-0.3, -0.25) is 13.9 Å². The van der Waals surface area contributed by atoms with E-state index < -0.39 is 22.0 Å². The Kier molecular flexibility index (Phi) is 9.17. The van der Waals surface area contributed by atoms with Gasteiger partial charge in [0.25, 0.3) is 0 Å². The van der Waals surface area contributed by atoms with Gasteiger partial charge in [0, 0.05) is 12.6 Å². The molecule has 0 bridgehead atoms. The van der Waals surface area contributed by atoms with Gasteiger partial charge in [-0.15, -0.1) is 0 Å². The summed E-state index contributed by atoms with van der Waals surface area (Å²) in [5.41, 5.74) is 4.18. The van der Waals surface area contributed by atoms with Gasteiger partial charge in [-0.1, -0.05) is 49.6 Å². The lowest BCUT2D eigenvalue weighted by Gasteiger charge is -2.33. The molecule has 2 aromatic rings. The highest BCUT2D eigenvalue weighted by Crippen LogP contribution is 2.23. The lowest BCUT2D eigenvalue weighted by molar-refractivity contribution is -0.139. The minimum Gasteiger partial charge on any atom is -0.352 e. The smallest absolute Gasteiger partial charge is 0.244 e. The van der Waals surface area contributed by atoms with E-state index in [1.807, 2.05) is 51.1 Å². The Balaban J connectivity index is 1.90. The van der Waals surface area contributed by atoms with Crippen LogP contribution in [-0.2, 0) is 26.2 Å². The predicted molar refractivity (Wildman–Crippen MR) is 144 cm³/mol. The Bertz CT molecular complexity index is 1170. The summed E-state index contributed by atoms with van der Waals surface area (Å²) >= 11 is 0. The number of amides is 2. The summed E-state index contributed by atoms with van der Waals surface area (Å²) in [6, 6.07) is 12.5. The SMILES string of the molecule is Cc1cc(C)cc(N(CC(=O)N(Cc2ccccc2C)[C@H](C)C(=O)NC2CCCCC2)S(C)(=O)=O)c1. The number of benzene rings is 2. The summed E-state index contributed by atoms with van der Waals surface area (Å²) in [5, 5.41) is 3.12. The van der Waals surface area contributed by atoms with Gasteiger partial charge in [0.15, 0.2) is 0 Å². The van der Waals surface area contributed by atoms with Gasteiger partial charge in [0.05, 0.1) is 11.9 Å². The minimum atomic E-state index is -3.74. The number of carbonyl (C=O) groups is 2. The molecule has 0 saturated heterocycles. The maximum absolute atomic E-state index is 13.7. The highest BCUT2D eigenvalue weighted by molar-refractivity contribution is 7.92. The number of carbonyl (C=O) groups excluding carboxylic acids is 2. The third-order valence-electron chi connectivity index (χ3n) is 6.89. The average Bonchev–Trinajstić information content (AvgIpc) is 2.80. The van der Waals surface area contributed by atoms with Crippen LogP contribution in [0.15, 0.2) is 42.5 Å². The van der Waals surface area contributed by atoms with E-state index in [-0.39, 0.29) is 25.0 Å². The van der Waals surface area contributed by atoms with Crippen LogP contribution in [0.1, 0.15) is 61.3 Å². The number of sulfonamides is 1. The monoisotopic (exact) mass is 513 g/mol. The molecule has 3 rings (SSSR count). The molecule has 1 atom stereocenters. The first kappa shape index (κ1) is 27.7. The molecule has 1 saturated carbocycles. The molecule has 2 aromatic carbocycles. The van der Waals surface area contributed by atoms with Gasteiger partial charge in [0.2, 0.25) is 21.8 Å². The van der Waals surface area contributed by atoms with Crippen LogP contribution in [0.25, 0.3) is 0 Å². The van der Waals surface area contributed by atoms with Gasteiger partial charge in [-0.05, 0) is 74.9 Å². The van der Waals surface area contributed by atoms with E-state index in [4.69, 9.17) is 0 Å².